The predicted molar refractivity (Wildman–Crippen MR) is 58.8 cm³/mol. The van der Waals surface area contributed by atoms with E-state index in [1.807, 2.05) is 0 Å². The summed E-state index contributed by atoms with van der Waals surface area (Å²) >= 11 is 0. The first-order valence-electron chi connectivity index (χ1n) is 4.27. The molecule has 0 amide bonds. The van der Waals surface area contributed by atoms with Crippen molar-refractivity contribution in [3.63, 3.8) is 0 Å². The summed E-state index contributed by atoms with van der Waals surface area (Å²) in [6, 6.07) is 0. The van der Waals surface area contributed by atoms with Crippen molar-refractivity contribution in [3.8, 4) is 0 Å². The molecule has 1 heterocycles. The van der Waals surface area contributed by atoms with Crippen LogP contribution < -0.4 is 68.9 Å². The largest absolute Gasteiger partial charge is 1.00 e. The second-order valence-electron chi connectivity index (χ2n) is 3.42. The Labute approximate surface area is 164 Å². The molecule has 15 heteroatoms. The Balaban J connectivity index is -0.000000361. The molecule has 1 atom stereocenters. The van der Waals surface area contributed by atoms with Gasteiger partial charge >= 0.3 is 66.7 Å². The third-order valence-corrected chi connectivity index (χ3v) is 5.82. The summed E-state index contributed by atoms with van der Waals surface area (Å²) in [7, 11) is -11.5. The fourth-order valence-corrected chi connectivity index (χ4v) is 3.08. The molecule has 1 unspecified atom stereocenters. The molecule has 0 aliphatic carbocycles. The molecule has 1 aromatic rings. The summed E-state index contributed by atoms with van der Waals surface area (Å²) in [5, 5.41) is 5.81. The Kier molecular flexibility index (Phi) is 14.9. The molecule has 0 bridgehead atoms. The van der Waals surface area contributed by atoms with E-state index in [4.69, 9.17) is 9.79 Å². The molecule has 0 fully saturated rings. The van der Waals surface area contributed by atoms with Gasteiger partial charge in [-0.25, -0.2) is 4.98 Å². The minimum atomic E-state index is -5.93. The molecule has 0 saturated heterocycles. The number of hydrogen-bond donors (Lipinski definition) is 3. The maximum atomic E-state index is 11.0. The normalized spacial score (nSPS) is 13.6. The van der Waals surface area contributed by atoms with Gasteiger partial charge in [0.25, 0.3) is 0 Å². The number of aryl methyl sites for hydroxylation is 1. The molecule has 7 N–H and O–H groups in total. The van der Waals surface area contributed by atoms with Gasteiger partial charge < -0.3 is 44.8 Å². The third-order valence-electron chi connectivity index (χ3n) is 2.21. The number of imidazole rings is 1. The van der Waals surface area contributed by atoms with E-state index in [9.17, 15) is 24.0 Å². The van der Waals surface area contributed by atoms with E-state index in [-0.39, 0.29) is 75.9 Å². The van der Waals surface area contributed by atoms with Crippen LogP contribution in [0.2, 0.25) is 0 Å². The van der Waals surface area contributed by atoms with Crippen LogP contribution in [0.4, 0.5) is 0 Å². The van der Waals surface area contributed by atoms with Crippen molar-refractivity contribution in [1.29, 1.82) is 0 Å². The summed E-state index contributed by atoms with van der Waals surface area (Å²) in [6.07, 6.45) is 2.42. The molecule has 0 aliphatic heterocycles. The van der Waals surface area contributed by atoms with Gasteiger partial charge in [0.05, 0.1) is 6.54 Å². The van der Waals surface area contributed by atoms with Gasteiger partial charge in [-0.1, -0.05) is 0 Å². The zero-order valence-corrected chi connectivity index (χ0v) is 17.4. The standard InChI is InChI=1S/C6H12N2O7P2.2Na.2H2O/c1-5-7-2-3-8(5)4-6(9,16(10,11)12)17(13,14)15;;;;/h2-3,9H,4H2,1H3,(H2,10,11,12)(H2,13,14,15);;;2*1H2/q;2*+1;;/p-2. The summed E-state index contributed by atoms with van der Waals surface area (Å²) < 4.78 is 22.8. The van der Waals surface area contributed by atoms with Crippen molar-refractivity contribution >= 4 is 15.2 Å². The van der Waals surface area contributed by atoms with Gasteiger partial charge in [0, 0.05) is 12.4 Å². The molecule has 0 saturated carbocycles. The molecular formula is C6H14N2Na2O9P2. The van der Waals surface area contributed by atoms with Gasteiger partial charge in [0.15, 0.2) is 0 Å². The molecule has 1 rings (SSSR count). The average Bonchev–Trinajstić information content (AvgIpc) is 2.47. The van der Waals surface area contributed by atoms with Gasteiger partial charge in [-0.2, -0.15) is 0 Å². The van der Waals surface area contributed by atoms with Gasteiger partial charge in [-0.05, 0) is 14.5 Å². The second kappa shape index (κ2) is 10.3. The molecule has 0 radical (unpaired) electrons. The van der Waals surface area contributed by atoms with E-state index < -0.39 is 26.8 Å². The minimum absolute atomic E-state index is 0. The van der Waals surface area contributed by atoms with E-state index in [0.717, 1.165) is 4.57 Å². The monoisotopic (exact) mass is 366 g/mol. The Bertz CT molecular complexity index is 490. The Morgan fingerprint density at radius 3 is 1.95 bits per heavy atom. The van der Waals surface area contributed by atoms with E-state index in [0.29, 0.717) is 0 Å². The van der Waals surface area contributed by atoms with Crippen molar-refractivity contribution in [1.82, 2.24) is 9.55 Å². The van der Waals surface area contributed by atoms with Crippen LogP contribution in [0.15, 0.2) is 12.4 Å². The number of aliphatic hydroxyl groups is 1. The first-order chi connectivity index (χ1) is 7.49. The molecule has 0 aliphatic rings. The maximum Gasteiger partial charge on any atom is 1.00 e. The van der Waals surface area contributed by atoms with Crippen LogP contribution in [0.1, 0.15) is 5.82 Å². The Hall–Kier alpha value is 1.39. The summed E-state index contributed by atoms with van der Waals surface area (Å²) in [5.74, 6) is 0.199. The van der Waals surface area contributed by atoms with E-state index in [2.05, 4.69) is 4.98 Å². The molecule has 21 heavy (non-hydrogen) atoms. The molecule has 11 nitrogen and oxygen atoms in total. The predicted octanol–water partition coefficient (Wildman–Crippen LogP) is -9.71. The van der Waals surface area contributed by atoms with Gasteiger partial charge in [-0.3, -0.25) is 4.57 Å². The summed E-state index contributed by atoms with van der Waals surface area (Å²) in [6.45, 7) is 0.341. The fourth-order valence-electron chi connectivity index (χ4n) is 1.14. The average molecular weight is 366 g/mol. The second-order valence-corrected chi connectivity index (χ2v) is 7.33. The van der Waals surface area contributed by atoms with E-state index in [1.54, 1.807) is 0 Å². The number of hydrogen-bond acceptors (Lipinski definition) is 6. The maximum absolute atomic E-state index is 11.0. The first kappa shape index (κ1) is 30.3. The van der Waals surface area contributed by atoms with Gasteiger partial charge in [-0.15, -0.1) is 0 Å². The fraction of sp³-hybridized carbons (Fsp3) is 0.500. The van der Waals surface area contributed by atoms with Crippen LogP contribution in [-0.2, 0) is 15.7 Å². The van der Waals surface area contributed by atoms with Gasteiger partial charge in [0.2, 0.25) is 5.08 Å². The van der Waals surface area contributed by atoms with Crippen LogP contribution in [0.25, 0.3) is 0 Å². The van der Waals surface area contributed by atoms with Crippen molar-refractivity contribution in [2.45, 2.75) is 18.6 Å². The Morgan fingerprint density at radius 1 is 1.29 bits per heavy atom. The summed E-state index contributed by atoms with van der Waals surface area (Å²) in [5.41, 5.74) is 0. The molecule has 0 spiro atoms. The SMILES string of the molecule is Cc1nccn1CC(O)(P(=O)([O-])[O-])P(=O)(O)O.O.O.[Na+].[Na+]. The minimum Gasteiger partial charge on any atom is -0.808 e. The quantitative estimate of drug-likeness (QED) is 0.342. The molecule has 114 valence electrons. The van der Waals surface area contributed by atoms with Crippen molar-refractivity contribution in [3.05, 3.63) is 18.2 Å². The summed E-state index contributed by atoms with van der Waals surface area (Å²) in [4.78, 5) is 43.0. The number of nitrogens with zero attached hydrogens (tertiary/aromatic N) is 2. The topological polar surface area (TPSA) is 222 Å². The molecular weight excluding hydrogens is 352 g/mol. The van der Waals surface area contributed by atoms with E-state index >= 15 is 0 Å². The van der Waals surface area contributed by atoms with Crippen LogP contribution in [0.5, 0.6) is 0 Å². The molecule has 0 aromatic carbocycles. The number of aromatic nitrogens is 2. The van der Waals surface area contributed by atoms with Crippen molar-refractivity contribution in [2.75, 3.05) is 0 Å². The Morgan fingerprint density at radius 2 is 1.71 bits per heavy atom. The first-order valence-corrected chi connectivity index (χ1v) is 7.42. The third kappa shape index (κ3) is 6.80. The van der Waals surface area contributed by atoms with Gasteiger partial charge in [0.1, 0.15) is 5.82 Å². The number of rotatable bonds is 4. The van der Waals surface area contributed by atoms with Crippen molar-refractivity contribution in [2.24, 2.45) is 0 Å². The smallest absolute Gasteiger partial charge is 0.808 e. The van der Waals surface area contributed by atoms with Crippen LogP contribution >= 0.6 is 15.2 Å². The zero-order chi connectivity index (χ0) is 13.5. The van der Waals surface area contributed by atoms with Crippen LogP contribution in [0.3, 0.4) is 0 Å². The zero-order valence-electron chi connectivity index (χ0n) is 11.6. The van der Waals surface area contributed by atoms with Crippen molar-refractivity contribution < 1.29 is 104 Å². The van der Waals surface area contributed by atoms with E-state index in [1.165, 1.54) is 19.3 Å². The van der Waals surface area contributed by atoms with Crippen LogP contribution in [0, 0.1) is 6.92 Å². The van der Waals surface area contributed by atoms with Crippen LogP contribution in [-0.4, -0.2) is 40.5 Å². The molecule has 1 aromatic heterocycles.